The molecule has 2 nitrogen and oxygen atoms in total. The minimum atomic E-state index is 0.386. The van der Waals surface area contributed by atoms with Crippen molar-refractivity contribution in [2.45, 2.75) is 31.2 Å². The summed E-state index contributed by atoms with van der Waals surface area (Å²) in [7, 11) is 0. The van der Waals surface area contributed by atoms with Crippen molar-refractivity contribution in [1.29, 1.82) is 0 Å². The summed E-state index contributed by atoms with van der Waals surface area (Å²) in [6.07, 6.45) is 5.49. The van der Waals surface area contributed by atoms with Crippen molar-refractivity contribution < 1.29 is 0 Å². The van der Waals surface area contributed by atoms with Gasteiger partial charge in [-0.2, -0.15) is 0 Å². The highest BCUT2D eigenvalue weighted by molar-refractivity contribution is 5.78. The van der Waals surface area contributed by atoms with Crippen LogP contribution in [0, 0.1) is 0 Å². The van der Waals surface area contributed by atoms with Gasteiger partial charge >= 0.3 is 0 Å². The van der Waals surface area contributed by atoms with E-state index in [1.807, 2.05) is 12.3 Å². The molecular weight excluding hydrogens is 196 g/mol. The fourth-order valence-electron chi connectivity index (χ4n) is 2.63. The van der Waals surface area contributed by atoms with E-state index in [2.05, 4.69) is 29.2 Å². The zero-order valence-corrected chi connectivity index (χ0v) is 9.26. The zero-order valence-electron chi connectivity index (χ0n) is 9.26. The molecule has 2 unspecified atom stereocenters. The maximum atomic E-state index is 5.95. The van der Waals surface area contributed by atoms with E-state index in [4.69, 9.17) is 5.73 Å². The number of fused-ring (bicyclic) bond motifs is 1. The first-order valence-corrected chi connectivity index (χ1v) is 5.93. The highest BCUT2D eigenvalue weighted by Crippen LogP contribution is 2.34. The number of hydrogen-bond donors (Lipinski definition) is 1. The van der Waals surface area contributed by atoms with E-state index < -0.39 is 0 Å². The molecule has 0 spiro atoms. The average molecular weight is 212 g/mol. The molecule has 0 radical (unpaired) electrons. The predicted molar refractivity (Wildman–Crippen MR) is 66.3 cm³/mol. The summed E-state index contributed by atoms with van der Waals surface area (Å²) in [5, 5.41) is 1.24. The average Bonchev–Trinajstić information content (AvgIpc) is 2.75. The van der Waals surface area contributed by atoms with Crippen LogP contribution in [0.3, 0.4) is 0 Å². The molecule has 2 N–H and O–H groups in total. The van der Waals surface area contributed by atoms with Crippen molar-refractivity contribution in [1.82, 2.24) is 4.98 Å². The molecule has 0 bridgehead atoms. The van der Waals surface area contributed by atoms with Crippen LogP contribution in [0.4, 0.5) is 0 Å². The number of rotatable bonds is 1. The summed E-state index contributed by atoms with van der Waals surface area (Å²) < 4.78 is 0. The first kappa shape index (κ1) is 9.79. The Morgan fingerprint density at radius 2 is 2.06 bits per heavy atom. The van der Waals surface area contributed by atoms with Gasteiger partial charge in [0.25, 0.3) is 0 Å². The van der Waals surface area contributed by atoms with E-state index in [-0.39, 0.29) is 0 Å². The topological polar surface area (TPSA) is 38.9 Å². The maximum absolute atomic E-state index is 5.95. The Morgan fingerprint density at radius 1 is 1.19 bits per heavy atom. The van der Waals surface area contributed by atoms with Crippen LogP contribution in [-0.4, -0.2) is 11.0 Å². The van der Waals surface area contributed by atoms with E-state index >= 15 is 0 Å². The van der Waals surface area contributed by atoms with Crippen molar-refractivity contribution in [2.75, 3.05) is 0 Å². The summed E-state index contributed by atoms with van der Waals surface area (Å²) >= 11 is 0. The third-order valence-corrected chi connectivity index (χ3v) is 3.56. The highest BCUT2D eigenvalue weighted by Gasteiger charge is 2.23. The Kier molecular flexibility index (Phi) is 2.37. The Balaban J connectivity index is 1.99. The van der Waals surface area contributed by atoms with Crippen LogP contribution >= 0.6 is 0 Å². The van der Waals surface area contributed by atoms with Crippen molar-refractivity contribution in [3.8, 4) is 0 Å². The molecule has 1 fully saturated rings. The van der Waals surface area contributed by atoms with Gasteiger partial charge in [0.05, 0.1) is 5.52 Å². The molecule has 0 amide bonds. The largest absolute Gasteiger partial charge is 0.328 e. The fourth-order valence-corrected chi connectivity index (χ4v) is 2.63. The van der Waals surface area contributed by atoms with Gasteiger partial charge in [0.15, 0.2) is 0 Å². The SMILES string of the molecule is NC1CCC(c2cnc3ccccc3c2)C1. The Labute approximate surface area is 95.5 Å². The molecule has 1 heterocycles. The number of benzene rings is 1. The van der Waals surface area contributed by atoms with Crippen LogP contribution in [0.15, 0.2) is 36.5 Å². The smallest absolute Gasteiger partial charge is 0.0702 e. The molecule has 2 heteroatoms. The molecule has 16 heavy (non-hydrogen) atoms. The summed E-state index contributed by atoms with van der Waals surface area (Å²) in [5.41, 5.74) is 8.39. The van der Waals surface area contributed by atoms with Gasteiger partial charge in [-0.25, -0.2) is 0 Å². The molecule has 1 saturated carbocycles. The fraction of sp³-hybridized carbons (Fsp3) is 0.357. The van der Waals surface area contributed by atoms with Gasteiger partial charge < -0.3 is 5.73 Å². The van der Waals surface area contributed by atoms with Gasteiger partial charge in [-0.05, 0) is 42.9 Å². The summed E-state index contributed by atoms with van der Waals surface area (Å²) in [6, 6.07) is 10.9. The molecule has 1 aromatic heterocycles. The first-order valence-electron chi connectivity index (χ1n) is 5.93. The van der Waals surface area contributed by atoms with Crippen LogP contribution in [-0.2, 0) is 0 Å². The van der Waals surface area contributed by atoms with Crippen LogP contribution in [0.25, 0.3) is 10.9 Å². The number of pyridine rings is 1. The number of nitrogens with two attached hydrogens (primary N) is 1. The van der Waals surface area contributed by atoms with Crippen molar-refractivity contribution in [3.05, 3.63) is 42.1 Å². The molecule has 3 rings (SSSR count). The molecular formula is C14H16N2. The van der Waals surface area contributed by atoms with Crippen molar-refractivity contribution in [3.63, 3.8) is 0 Å². The molecule has 1 aliphatic rings. The second kappa shape index (κ2) is 3.87. The summed E-state index contributed by atoms with van der Waals surface area (Å²) in [5.74, 6) is 0.618. The number of nitrogens with zero attached hydrogens (tertiary/aromatic N) is 1. The third-order valence-electron chi connectivity index (χ3n) is 3.56. The third kappa shape index (κ3) is 1.69. The maximum Gasteiger partial charge on any atom is 0.0702 e. The van der Waals surface area contributed by atoms with Gasteiger partial charge in [-0.1, -0.05) is 18.2 Å². The van der Waals surface area contributed by atoms with Gasteiger partial charge in [-0.3, -0.25) is 4.98 Å². The second-order valence-electron chi connectivity index (χ2n) is 4.73. The normalized spacial score (nSPS) is 25.1. The molecule has 1 aliphatic carbocycles. The standard InChI is InChI=1S/C14H16N2/c15-13-6-5-10(8-13)12-7-11-3-1-2-4-14(11)16-9-12/h1-4,7,9-10,13H,5-6,8,15H2. The number of aromatic nitrogens is 1. The van der Waals surface area contributed by atoms with Gasteiger partial charge in [0.2, 0.25) is 0 Å². The van der Waals surface area contributed by atoms with Gasteiger partial charge in [-0.15, -0.1) is 0 Å². The predicted octanol–water partition coefficient (Wildman–Crippen LogP) is 2.83. The molecule has 0 aliphatic heterocycles. The Morgan fingerprint density at radius 3 is 2.88 bits per heavy atom. The van der Waals surface area contributed by atoms with E-state index in [0.717, 1.165) is 18.4 Å². The number of para-hydroxylation sites is 1. The van der Waals surface area contributed by atoms with E-state index in [0.29, 0.717) is 12.0 Å². The molecule has 1 aromatic carbocycles. The lowest BCUT2D eigenvalue weighted by molar-refractivity contribution is 0.674. The van der Waals surface area contributed by atoms with Crippen molar-refractivity contribution in [2.24, 2.45) is 5.73 Å². The zero-order chi connectivity index (χ0) is 11.0. The molecule has 2 aromatic rings. The van der Waals surface area contributed by atoms with Gasteiger partial charge in [0.1, 0.15) is 0 Å². The molecule has 0 saturated heterocycles. The minimum absolute atomic E-state index is 0.386. The minimum Gasteiger partial charge on any atom is -0.328 e. The van der Waals surface area contributed by atoms with Crippen LogP contribution in [0.1, 0.15) is 30.7 Å². The molecule has 2 atom stereocenters. The highest BCUT2D eigenvalue weighted by atomic mass is 14.7. The lowest BCUT2D eigenvalue weighted by Gasteiger charge is -2.10. The van der Waals surface area contributed by atoms with Crippen LogP contribution in [0.2, 0.25) is 0 Å². The van der Waals surface area contributed by atoms with E-state index in [1.165, 1.54) is 17.4 Å². The van der Waals surface area contributed by atoms with E-state index in [9.17, 15) is 0 Å². The van der Waals surface area contributed by atoms with Crippen molar-refractivity contribution >= 4 is 10.9 Å². The van der Waals surface area contributed by atoms with Crippen LogP contribution in [0.5, 0.6) is 0 Å². The first-order chi connectivity index (χ1) is 7.83. The quantitative estimate of drug-likeness (QED) is 0.789. The van der Waals surface area contributed by atoms with Crippen LogP contribution < -0.4 is 5.73 Å². The lowest BCUT2D eigenvalue weighted by atomic mass is 9.98. The lowest BCUT2D eigenvalue weighted by Crippen LogP contribution is -2.14. The Hall–Kier alpha value is -1.41. The summed E-state index contributed by atoms with van der Waals surface area (Å²) in [6.45, 7) is 0. The molecule has 82 valence electrons. The summed E-state index contributed by atoms with van der Waals surface area (Å²) in [4.78, 5) is 4.51. The second-order valence-corrected chi connectivity index (χ2v) is 4.73. The monoisotopic (exact) mass is 212 g/mol. The van der Waals surface area contributed by atoms with E-state index in [1.54, 1.807) is 0 Å². The number of hydrogen-bond acceptors (Lipinski definition) is 2. The van der Waals surface area contributed by atoms with Gasteiger partial charge in [0, 0.05) is 17.6 Å². The Bertz CT molecular complexity index is 507.